The standard InChI is InChI=1S/C16H26N2O2S/c1-12(2)8-17-9-13-6-7-14(18-10-13)21-11-15(19)20-16(3,4)5/h6-7,10,12,17H,8-9,11H2,1-5H3. The van der Waals surface area contributed by atoms with Gasteiger partial charge in [-0.05, 0) is 44.9 Å². The molecule has 0 bridgehead atoms. The molecule has 0 aliphatic rings. The number of carbonyl (C=O) groups is 1. The molecular formula is C16H26N2O2S. The fourth-order valence-electron chi connectivity index (χ4n) is 1.61. The molecule has 21 heavy (non-hydrogen) atoms. The van der Waals surface area contributed by atoms with Gasteiger partial charge in [0.25, 0.3) is 0 Å². The van der Waals surface area contributed by atoms with Gasteiger partial charge in [-0.1, -0.05) is 31.7 Å². The predicted molar refractivity (Wildman–Crippen MR) is 87.4 cm³/mol. The van der Waals surface area contributed by atoms with E-state index >= 15 is 0 Å². The molecule has 0 aliphatic carbocycles. The van der Waals surface area contributed by atoms with Gasteiger partial charge in [0.2, 0.25) is 0 Å². The maximum absolute atomic E-state index is 11.6. The zero-order chi connectivity index (χ0) is 15.9. The van der Waals surface area contributed by atoms with Crippen molar-refractivity contribution >= 4 is 17.7 Å². The van der Waals surface area contributed by atoms with Gasteiger partial charge in [0, 0.05) is 12.7 Å². The molecule has 0 saturated heterocycles. The van der Waals surface area contributed by atoms with Crippen LogP contribution in [-0.4, -0.2) is 28.9 Å². The SMILES string of the molecule is CC(C)CNCc1ccc(SCC(=O)OC(C)(C)C)nc1. The average Bonchev–Trinajstić information content (AvgIpc) is 2.35. The number of pyridine rings is 1. The van der Waals surface area contributed by atoms with Gasteiger partial charge in [-0.25, -0.2) is 4.98 Å². The van der Waals surface area contributed by atoms with E-state index in [4.69, 9.17) is 4.74 Å². The minimum absolute atomic E-state index is 0.211. The maximum Gasteiger partial charge on any atom is 0.316 e. The minimum atomic E-state index is -0.434. The second-order valence-electron chi connectivity index (χ2n) is 6.40. The van der Waals surface area contributed by atoms with Gasteiger partial charge < -0.3 is 10.1 Å². The van der Waals surface area contributed by atoms with Crippen molar-refractivity contribution in [1.29, 1.82) is 0 Å². The summed E-state index contributed by atoms with van der Waals surface area (Å²) < 4.78 is 5.26. The molecule has 0 atom stereocenters. The van der Waals surface area contributed by atoms with Gasteiger partial charge in [-0.15, -0.1) is 0 Å². The number of carbonyl (C=O) groups excluding carboxylic acids is 1. The molecule has 0 fully saturated rings. The first kappa shape index (κ1) is 18.0. The van der Waals surface area contributed by atoms with E-state index in [9.17, 15) is 4.79 Å². The third-order valence-corrected chi connectivity index (χ3v) is 3.35. The van der Waals surface area contributed by atoms with E-state index in [0.29, 0.717) is 5.92 Å². The lowest BCUT2D eigenvalue weighted by Crippen LogP contribution is -2.24. The van der Waals surface area contributed by atoms with E-state index < -0.39 is 5.60 Å². The highest BCUT2D eigenvalue weighted by atomic mass is 32.2. The molecule has 0 unspecified atom stereocenters. The first-order valence-electron chi connectivity index (χ1n) is 7.26. The van der Waals surface area contributed by atoms with Crippen LogP contribution in [-0.2, 0) is 16.1 Å². The minimum Gasteiger partial charge on any atom is -0.459 e. The first-order valence-corrected chi connectivity index (χ1v) is 8.25. The van der Waals surface area contributed by atoms with Crippen LogP contribution in [0.4, 0.5) is 0 Å². The van der Waals surface area contributed by atoms with Crippen molar-refractivity contribution < 1.29 is 9.53 Å². The number of nitrogens with one attached hydrogen (secondary N) is 1. The normalized spacial score (nSPS) is 11.7. The van der Waals surface area contributed by atoms with Crippen molar-refractivity contribution in [3.8, 4) is 0 Å². The van der Waals surface area contributed by atoms with E-state index in [1.54, 1.807) is 0 Å². The summed E-state index contributed by atoms with van der Waals surface area (Å²) in [5.74, 6) is 0.716. The van der Waals surface area contributed by atoms with Crippen molar-refractivity contribution in [3.63, 3.8) is 0 Å². The molecule has 0 aliphatic heterocycles. The van der Waals surface area contributed by atoms with Crippen LogP contribution >= 0.6 is 11.8 Å². The Morgan fingerprint density at radius 2 is 2.10 bits per heavy atom. The maximum atomic E-state index is 11.6. The fourth-order valence-corrected chi connectivity index (χ4v) is 2.23. The molecule has 5 heteroatoms. The Labute approximate surface area is 132 Å². The number of nitrogens with zero attached hydrogens (tertiary/aromatic N) is 1. The molecule has 1 aromatic heterocycles. The summed E-state index contributed by atoms with van der Waals surface area (Å²) in [4.78, 5) is 16.0. The Hall–Kier alpha value is -1.07. The summed E-state index contributed by atoms with van der Waals surface area (Å²) >= 11 is 1.40. The molecular weight excluding hydrogens is 284 g/mol. The quantitative estimate of drug-likeness (QED) is 0.619. The Morgan fingerprint density at radius 3 is 2.62 bits per heavy atom. The van der Waals surface area contributed by atoms with Gasteiger partial charge in [-0.3, -0.25) is 4.79 Å². The van der Waals surface area contributed by atoms with Crippen molar-refractivity contribution in [2.24, 2.45) is 5.92 Å². The molecule has 0 aromatic carbocycles. The molecule has 1 heterocycles. The van der Waals surface area contributed by atoms with E-state index in [1.165, 1.54) is 11.8 Å². The zero-order valence-electron chi connectivity index (χ0n) is 13.6. The third kappa shape index (κ3) is 8.73. The van der Waals surface area contributed by atoms with Crippen LogP contribution in [0.5, 0.6) is 0 Å². The van der Waals surface area contributed by atoms with Crippen LogP contribution in [0.2, 0.25) is 0 Å². The highest BCUT2D eigenvalue weighted by molar-refractivity contribution is 7.99. The van der Waals surface area contributed by atoms with Crippen LogP contribution in [0.3, 0.4) is 0 Å². The molecule has 0 spiro atoms. The second kappa shape index (κ2) is 8.39. The largest absolute Gasteiger partial charge is 0.459 e. The Balaban J connectivity index is 2.35. The summed E-state index contributed by atoms with van der Waals surface area (Å²) in [6.45, 7) is 11.8. The van der Waals surface area contributed by atoms with Crippen molar-refractivity contribution in [3.05, 3.63) is 23.9 Å². The summed E-state index contributed by atoms with van der Waals surface area (Å²) in [7, 11) is 0. The van der Waals surface area contributed by atoms with Crippen molar-refractivity contribution in [2.75, 3.05) is 12.3 Å². The Bertz CT molecular complexity index is 439. The van der Waals surface area contributed by atoms with E-state index in [0.717, 1.165) is 23.7 Å². The van der Waals surface area contributed by atoms with Crippen LogP contribution in [0.1, 0.15) is 40.2 Å². The molecule has 1 rings (SSSR count). The topological polar surface area (TPSA) is 51.2 Å². The molecule has 0 radical (unpaired) electrons. The zero-order valence-corrected chi connectivity index (χ0v) is 14.4. The lowest BCUT2D eigenvalue weighted by Gasteiger charge is -2.19. The fraction of sp³-hybridized carbons (Fsp3) is 0.625. The Morgan fingerprint density at radius 1 is 1.38 bits per heavy atom. The van der Waals surface area contributed by atoms with Crippen molar-refractivity contribution in [1.82, 2.24) is 10.3 Å². The first-order chi connectivity index (χ1) is 9.76. The second-order valence-corrected chi connectivity index (χ2v) is 7.40. The number of rotatable bonds is 7. The third-order valence-electron chi connectivity index (χ3n) is 2.44. The number of hydrogen-bond donors (Lipinski definition) is 1. The highest BCUT2D eigenvalue weighted by Crippen LogP contribution is 2.17. The average molecular weight is 310 g/mol. The van der Waals surface area contributed by atoms with Gasteiger partial charge in [0.1, 0.15) is 5.60 Å². The lowest BCUT2D eigenvalue weighted by atomic mass is 10.2. The monoisotopic (exact) mass is 310 g/mol. The number of hydrogen-bond acceptors (Lipinski definition) is 5. The van der Waals surface area contributed by atoms with Gasteiger partial charge in [0.15, 0.2) is 0 Å². The van der Waals surface area contributed by atoms with Crippen LogP contribution in [0, 0.1) is 5.92 Å². The molecule has 1 aromatic rings. The van der Waals surface area contributed by atoms with Gasteiger partial charge in [-0.2, -0.15) is 0 Å². The number of thioether (sulfide) groups is 1. The number of aromatic nitrogens is 1. The summed E-state index contributed by atoms with van der Waals surface area (Å²) in [5.41, 5.74) is 0.717. The lowest BCUT2D eigenvalue weighted by molar-refractivity contribution is -0.151. The van der Waals surface area contributed by atoms with E-state index in [-0.39, 0.29) is 11.7 Å². The van der Waals surface area contributed by atoms with E-state index in [2.05, 4.69) is 24.1 Å². The molecule has 0 saturated carbocycles. The highest BCUT2D eigenvalue weighted by Gasteiger charge is 2.16. The molecule has 4 nitrogen and oxygen atoms in total. The van der Waals surface area contributed by atoms with Crippen LogP contribution < -0.4 is 5.32 Å². The molecule has 118 valence electrons. The van der Waals surface area contributed by atoms with Gasteiger partial charge >= 0.3 is 5.97 Å². The van der Waals surface area contributed by atoms with E-state index in [1.807, 2.05) is 39.1 Å². The Kier molecular flexibility index (Phi) is 7.18. The molecule has 1 N–H and O–H groups in total. The number of ether oxygens (including phenoxy) is 1. The summed E-state index contributed by atoms with van der Waals surface area (Å²) in [6, 6.07) is 3.99. The smallest absolute Gasteiger partial charge is 0.316 e. The molecule has 0 amide bonds. The van der Waals surface area contributed by atoms with Crippen molar-refractivity contribution in [2.45, 2.75) is 51.8 Å². The van der Waals surface area contributed by atoms with Crippen LogP contribution in [0.15, 0.2) is 23.4 Å². The van der Waals surface area contributed by atoms with Crippen LogP contribution in [0.25, 0.3) is 0 Å². The predicted octanol–water partition coefficient (Wildman–Crippen LogP) is 3.26. The van der Waals surface area contributed by atoms with Gasteiger partial charge in [0.05, 0.1) is 10.8 Å². The number of esters is 1. The summed E-state index contributed by atoms with van der Waals surface area (Å²) in [6.07, 6.45) is 1.85. The summed E-state index contributed by atoms with van der Waals surface area (Å²) in [5, 5.41) is 4.22.